The van der Waals surface area contributed by atoms with Crippen LogP contribution in [0.3, 0.4) is 0 Å². The Kier molecular flexibility index (Phi) is 9.49. The van der Waals surface area contributed by atoms with Gasteiger partial charge in [0.1, 0.15) is 0 Å². The SMILES string of the molecule is CCCNC(=O)CSc1nnc(SCC(=O)N[C@H](C)CC)s1. The van der Waals surface area contributed by atoms with Crippen LogP contribution in [0.25, 0.3) is 0 Å². The van der Waals surface area contributed by atoms with Gasteiger partial charge in [-0.15, -0.1) is 10.2 Å². The first kappa shape index (κ1) is 19.2. The maximum atomic E-state index is 11.7. The second-order valence-electron chi connectivity index (χ2n) is 4.64. The standard InChI is InChI=1S/C13H22N4O2S3/c1-4-6-14-10(18)7-20-12-16-17-13(22-12)21-8-11(19)15-9(3)5-2/h9H,4-8H2,1-3H3,(H,14,18)(H,15,19)/t9-/m1/s1. The van der Waals surface area contributed by atoms with Crippen LogP contribution >= 0.6 is 34.9 Å². The summed E-state index contributed by atoms with van der Waals surface area (Å²) in [6.07, 6.45) is 1.84. The van der Waals surface area contributed by atoms with E-state index in [-0.39, 0.29) is 17.9 Å². The lowest BCUT2D eigenvalue weighted by Gasteiger charge is -2.09. The summed E-state index contributed by atoms with van der Waals surface area (Å²) in [5, 5.41) is 13.8. The fourth-order valence-electron chi connectivity index (χ4n) is 1.30. The van der Waals surface area contributed by atoms with Crippen LogP contribution in [-0.2, 0) is 9.59 Å². The number of thioether (sulfide) groups is 2. The Hall–Kier alpha value is -0.800. The van der Waals surface area contributed by atoms with Crippen molar-refractivity contribution in [3.05, 3.63) is 0 Å². The number of hydrogen-bond acceptors (Lipinski definition) is 7. The minimum absolute atomic E-state index is 0.00250. The van der Waals surface area contributed by atoms with Crippen molar-refractivity contribution in [1.29, 1.82) is 0 Å². The molecule has 22 heavy (non-hydrogen) atoms. The van der Waals surface area contributed by atoms with Crippen LogP contribution in [0.15, 0.2) is 8.68 Å². The van der Waals surface area contributed by atoms with Gasteiger partial charge in [-0.1, -0.05) is 48.7 Å². The molecule has 0 fully saturated rings. The van der Waals surface area contributed by atoms with E-state index in [1.807, 2.05) is 20.8 Å². The van der Waals surface area contributed by atoms with Gasteiger partial charge in [-0.05, 0) is 19.8 Å². The Balaban J connectivity index is 2.29. The molecular formula is C13H22N4O2S3. The molecule has 124 valence electrons. The number of nitrogens with zero attached hydrogens (tertiary/aromatic N) is 2. The van der Waals surface area contributed by atoms with Crippen LogP contribution in [0, 0.1) is 0 Å². The van der Waals surface area contributed by atoms with E-state index in [0.717, 1.165) is 21.5 Å². The number of carbonyl (C=O) groups is 2. The molecule has 0 radical (unpaired) electrons. The van der Waals surface area contributed by atoms with E-state index in [9.17, 15) is 9.59 Å². The van der Waals surface area contributed by atoms with Crippen molar-refractivity contribution in [2.45, 2.75) is 48.3 Å². The third kappa shape index (κ3) is 8.00. The lowest BCUT2D eigenvalue weighted by Crippen LogP contribution is -2.33. The minimum atomic E-state index is 0.00250. The zero-order valence-corrected chi connectivity index (χ0v) is 15.5. The highest BCUT2D eigenvalue weighted by Gasteiger charge is 2.11. The van der Waals surface area contributed by atoms with Crippen molar-refractivity contribution in [1.82, 2.24) is 20.8 Å². The van der Waals surface area contributed by atoms with Gasteiger partial charge in [-0.25, -0.2) is 0 Å². The van der Waals surface area contributed by atoms with E-state index in [2.05, 4.69) is 20.8 Å². The van der Waals surface area contributed by atoms with Crippen molar-refractivity contribution in [3.8, 4) is 0 Å². The first-order chi connectivity index (χ1) is 10.5. The lowest BCUT2D eigenvalue weighted by atomic mass is 10.3. The molecule has 1 aromatic heterocycles. The van der Waals surface area contributed by atoms with E-state index >= 15 is 0 Å². The van der Waals surface area contributed by atoms with Crippen molar-refractivity contribution in [2.75, 3.05) is 18.1 Å². The van der Waals surface area contributed by atoms with Gasteiger partial charge in [0.05, 0.1) is 11.5 Å². The number of nitrogens with one attached hydrogen (secondary N) is 2. The molecule has 2 N–H and O–H groups in total. The normalized spacial score (nSPS) is 12.0. The van der Waals surface area contributed by atoms with Crippen LogP contribution in [-0.4, -0.2) is 46.1 Å². The second kappa shape index (κ2) is 10.8. The lowest BCUT2D eigenvalue weighted by molar-refractivity contribution is -0.119. The summed E-state index contributed by atoms with van der Waals surface area (Å²) in [6, 6.07) is 0.190. The molecule has 0 bridgehead atoms. The summed E-state index contributed by atoms with van der Waals surface area (Å²) in [4.78, 5) is 23.2. The maximum Gasteiger partial charge on any atom is 0.230 e. The smallest absolute Gasteiger partial charge is 0.230 e. The minimum Gasteiger partial charge on any atom is -0.355 e. The molecule has 0 unspecified atom stereocenters. The molecule has 2 amide bonds. The highest BCUT2D eigenvalue weighted by atomic mass is 32.2. The largest absolute Gasteiger partial charge is 0.355 e. The summed E-state index contributed by atoms with van der Waals surface area (Å²) < 4.78 is 1.49. The van der Waals surface area contributed by atoms with Crippen LogP contribution in [0.2, 0.25) is 0 Å². The van der Waals surface area contributed by atoms with Crippen molar-refractivity contribution in [2.24, 2.45) is 0 Å². The monoisotopic (exact) mass is 362 g/mol. The number of amides is 2. The van der Waals surface area contributed by atoms with Gasteiger partial charge in [0.15, 0.2) is 8.68 Å². The fraction of sp³-hybridized carbons (Fsp3) is 0.692. The van der Waals surface area contributed by atoms with Gasteiger partial charge in [-0.2, -0.15) is 0 Å². The van der Waals surface area contributed by atoms with Crippen LogP contribution in [0.5, 0.6) is 0 Å². The molecule has 0 aliphatic heterocycles. The summed E-state index contributed by atoms with van der Waals surface area (Å²) in [5.41, 5.74) is 0. The molecule has 0 saturated carbocycles. The fourth-order valence-corrected chi connectivity index (χ4v) is 3.96. The molecule has 1 aromatic rings. The van der Waals surface area contributed by atoms with Gasteiger partial charge in [0, 0.05) is 12.6 Å². The highest BCUT2D eigenvalue weighted by Crippen LogP contribution is 2.28. The first-order valence-corrected chi connectivity index (χ1v) is 9.99. The topological polar surface area (TPSA) is 84.0 Å². The molecule has 0 aliphatic rings. The Bertz CT molecular complexity index is 482. The third-order valence-corrected chi connectivity index (χ3v) is 5.82. The van der Waals surface area contributed by atoms with E-state index in [1.165, 1.54) is 34.9 Å². The zero-order chi connectivity index (χ0) is 16.4. The molecule has 0 aliphatic carbocycles. The maximum absolute atomic E-state index is 11.7. The van der Waals surface area contributed by atoms with Crippen molar-refractivity contribution in [3.63, 3.8) is 0 Å². The van der Waals surface area contributed by atoms with E-state index < -0.39 is 0 Å². The molecule has 1 rings (SSSR count). The van der Waals surface area contributed by atoms with Crippen molar-refractivity contribution >= 4 is 46.7 Å². The number of rotatable bonds is 10. The summed E-state index contributed by atoms with van der Waals surface area (Å²) in [5.74, 6) is 0.681. The van der Waals surface area contributed by atoms with Gasteiger partial charge >= 0.3 is 0 Å². The summed E-state index contributed by atoms with van der Waals surface area (Å²) >= 11 is 4.15. The average molecular weight is 363 g/mol. The van der Waals surface area contributed by atoms with Crippen LogP contribution in [0.4, 0.5) is 0 Å². The highest BCUT2D eigenvalue weighted by molar-refractivity contribution is 8.03. The van der Waals surface area contributed by atoms with E-state index in [4.69, 9.17) is 0 Å². The molecule has 6 nitrogen and oxygen atoms in total. The molecule has 0 saturated heterocycles. The van der Waals surface area contributed by atoms with E-state index in [1.54, 1.807) is 0 Å². The molecular weight excluding hydrogens is 340 g/mol. The number of hydrogen-bond donors (Lipinski definition) is 2. The molecule has 1 heterocycles. The first-order valence-electron chi connectivity index (χ1n) is 7.20. The van der Waals surface area contributed by atoms with Crippen molar-refractivity contribution < 1.29 is 9.59 Å². The Morgan fingerprint density at radius 2 is 1.73 bits per heavy atom. The van der Waals surface area contributed by atoms with Crippen LogP contribution in [0.1, 0.15) is 33.6 Å². The Labute approximate surface area is 143 Å². The second-order valence-corrected chi connectivity index (χ2v) is 8.06. The Morgan fingerprint density at radius 3 is 2.27 bits per heavy atom. The Morgan fingerprint density at radius 1 is 1.14 bits per heavy atom. The predicted octanol–water partition coefficient (Wildman–Crippen LogP) is 2.16. The zero-order valence-electron chi connectivity index (χ0n) is 13.0. The predicted molar refractivity (Wildman–Crippen MR) is 92.6 cm³/mol. The van der Waals surface area contributed by atoms with E-state index in [0.29, 0.717) is 18.1 Å². The van der Waals surface area contributed by atoms with Crippen LogP contribution < -0.4 is 10.6 Å². The third-order valence-electron chi connectivity index (χ3n) is 2.63. The van der Waals surface area contributed by atoms with Gasteiger partial charge in [0.25, 0.3) is 0 Å². The molecule has 9 heteroatoms. The van der Waals surface area contributed by atoms with Gasteiger partial charge in [-0.3, -0.25) is 9.59 Å². The summed E-state index contributed by atoms with van der Waals surface area (Å²) in [7, 11) is 0. The van der Waals surface area contributed by atoms with Gasteiger partial charge < -0.3 is 10.6 Å². The summed E-state index contributed by atoms with van der Waals surface area (Å²) in [6.45, 7) is 6.72. The number of carbonyl (C=O) groups excluding carboxylic acids is 2. The molecule has 1 atom stereocenters. The van der Waals surface area contributed by atoms with Gasteiger partial charge in [0.2, 0.25) is 11.8 Å². The molecule has 0 spiro atoms. The number of aromatic nitrogens is 2. The average Bonchev–Trinajstić information content (AvgIpc) is 2.96. The molecule has 0 aromatic carbocycles. The quantitative estimate of drug-likeness (QED) is 0.621.